The molecule has 3 aromatic rings. The molecule has 1 amide bonds. The fourth-order valence-corrected chi connectivity index (χ4v) is 4.41. The Morgan fingerprint density at radius 2 is 1.92 bits per heavy atom. The van der Waals surface area contributed by atoms with Crippen molar-refractivity contribution in [2.75, 3.05) is 5.32 Å². The number of aromatic amines is 1. The lowest BCUT2D eigenvalue weighted by atomic mass is 10.1. The number of Topliss-reactive ketones (excluding diaryl/α,β-unsaturated/α-hetero) is 1. The number of anilines is 1. The maximum absolute atomic E-state index is 12.5. The Hall–Kier alpha value is -2.45. The van der Waals surface area contributed by atoms with Crippen LogP contribution in [0.25, 0.3) is 0 Å². The number of thioether (sulfide) groups is 1. The van der Waals surface area contributed by atoms with Crippen LogP contribution >= 0.6 is 23.1 Å². The van der Waals surface area contributed by atoms with E-state index in [1.54, 1.807) is 25.6 Å². The minimum absolute atomic E-state index is 0.0641. The van der Waals surface area contributed by atoms with Gasteiger partial charge in [-0.15, -0.1) is 10.2 Å². The maximum Gasteiger partial charge on any atom is 0.274 e. The van der Waals surface area contributed by atoms with E-state index in [0.717, 1.165) is 10.1 Å². The molecule has 0 bridgehead atoms. The molecule has 0 saturated heterocycles. The van der Waals surface area contributed by atoms with E-state index in [1.807, 2.05) is 18.2 Å². The van der Waals surface area contributed by atoms with E-state index in [0.29, 0.717) is 27.6 Å². The summed E-state index contributed by atoms with van der Waals surface area (Å²) in [5.41, 5.74) is 3.48. The molecular formula is C18H18N4O2S2. The Balaban J connectivity index is 1.66. The number of benzene rings is 1. The smallest absolute Gasteiger partial charge is 0.274 e. The van der Waals surface area contributed by atoms with E-state index >= 15 is 0 Å². The van der Waals surface area contributed by atoms with E-state index < -0.39 is 0 Å². The van der Waals surface area contributed by atoms with E-state index in [2.05, 4.69) is 32.6 Å². The average molecular weight is 387 g/mol. The molecular weight excluding hydrogens is 368 g/mol. The van der Waals surface area contributed by atoms with Gasteiger partial charge in [-0.3, -0.25) is 14.9 Å². The molecule has 0 aliphatic rings. The summed E-state index contributed by atoms with van der Waals surface area (Å²) in [6, 6.07) is 10.1. The number of H-pyrrole nitrogens is 1. The highest BCUT2D eigenvalue weighted by molar-refractivity contribution is 8.00. The second-order valence-electron chi connectivity index (χ2n) is 5.78. The molecule has 0 aliphatic carbocycles. The summed E-state index contributed by atoms with van der Waals surface area (Å²) in [5, 5.41) is 11.3. The van der Waals surface area contributed by atoms with Crippen molar-refractivity contribution >= 4 is 39.9 Å². The fraction of sp³-hybridized carbons (Fsp3) is 0.222. The minimum Gasteiger partial charge on any atom is -0.354 e. The van der Waals surface area contributed by atoms with Crippen molar-refractivity contribution in [2.45, 2.75) is 30.9 Å². The minimum atomic E-state index is -0.325. The second kappa shape index (κ2) is 7.84. The van der Waals surface area contributed by atoms with Crippen LogP contribution in [0.15, 0.2) is 34.7 Å². The van der Waals surface area contributed by atoms with Crippen molar-refractivity contribution in [2.24, 2.45) is 0 Å². The summed E-state index contributed by atoms with van der Waals surface area (Å²) in [6.07, 6.45) is 0. The number of hydrogen-bond donors (Lipinski definition) is 2. The van der Waals surface area contributed by atoms with Crippen molar-refractivity contribution in [1.29, 1.82) is 0 Å². The number of carbonyl (C=O) groups excluding carboxylic acids is 2. The molecule has 0 aliphatic heterocycles. The summed E-state index contributed by atoms with van der Waals surface area (Å²) in [4.78, 5) is 27.2. The van der Waals surface area contributed by atoms with Gasteiger partial charge in [-0.25, -0.2) is 0 Å². The Kier molecular flexibility index (Phi) is 5.53. The van der Waals surface area contributed by atoms with Crippen LogP contribution in [0.1, 0.15) is 44.6 Å². The van der Waals surface area contributed by atoms with Crippen molar-refractivity contribution in [3.8, 4) is 0 Å². The summed E-state index contributed by atoms with van der Waals surface area (Å²) in [5.74, 6) is 0.403. The summed E-state index contributed by atoms with van der Waals surface area (Å²) < 4.78 is 0.785. The summed E-state index contributed by atoms with van der Waals surface area (Å²) in [6.45, 7) is 5.03. The van der Waals surface area contributed by atoms with Gasteiger partial charge in [-0.05, 0) is 31.9 Å². The fourth-order valence-electron chi connectivity index (χ4n) is 2.70. The molecule has 134 valence electrons. The Morgan fingerprint density at radius 1 is 1.19 bits per heavy atom. The van der Waals surface area contributed by atoms with Crippen LogP contribution in [0.5, 0.6) is 0 Å². The normalized spacial score (nSPS) is 10.7. The quantitative estimate of drug-likeness (QED) is 0.376. The monoisotopic (exact) mass is 386 g/mol. The SMILES string of the molecule is CC(=O)c1c(C)[nH]c(C(=O)Nc2nnc(SCc3ccccc3)s2)c1C. The molecule has 26 heavy (non-hydrogen) atoms. The molecule has 0 atom stereocenters. The van der Waals surface area contributed by atoms with Gasteiger partial charge in [0.25, 0.3) is 5.91 Å². The maximum atomic E-state index is 12.5. The van der Waals surface area contributed by atoms with Gasteiger partial charge in [0.1, 0.15) is 5.69 Å². The topological polar surface area (TPSA) is 87.7 Å². The molecule has 0 unspecified atom stereocenters. The second-order valence-corrected chi connectivity index (χ2v) is 7.98. The van der Waals surface area contributed by atoms with Crippen LogP contribution in [0.4, 0.5) is 5.13 Å². The van der Waals surface area contributed by atoms with Crippen LogP contribution < -0.4 is 5.32 Å². The van der Waals surface area contributed by atoms with E-state index in [-0.39, 0.29) is 11.7 Å². The molecule has 2 aromatic heterocycles. The molecule has 8 heteroatoms. The van der Waals surface area contributed by atoms with Crippen LogP contribution in [0.3, 0.4) is 0 Å². The van der Waals surface area contributed by atoms with Crippen molar-refractivity contribution in [3.05, 3.63) is 58.4 Å². The van der Waals surface area contributed by atoms with Gasteiger partial charge in [0.05, 0.1) is 0 Å². The molecule has 2 N–H and O–H groups in total. The van der Waals surface area contributed by atoms with Gasteiger partial charge in [0, 0.05) is 17.0 Å². The molecule has 6 nitrogen and oxygen atoms in total. The zero-order valence-corrected chi connectivity index (χ0v) is 16.3. The molecule has 1 aromatic carbocycles. The predicted octanol–water partition coefficient (Wildman–Crippen LogP) is 4.23. The summed E-state index contributed by atoms with van der Waals surface area (Å²) in [7, 11) is 0. The average Bonchev–Trinajstić information content (AvgIpc) is 3.17. The molecule has 0 fully saturated rings. The number of nitrogens with one attached hydrogen (secondary N) is 2. The first kappa shape index (κ1) is 18.3. The number of ketones is 1. The Labute approximate surface area is 159 Å². The lowest BCUT2D eigenvalue weighted by Crippen LogP contribution is -2.13. The standard InChI is InChI=1S/C18H18N4O2S2/c1-10-14(12(3)23)11(2)19-15(10)16(24)20-17-21-22-18(26-17)25-9-13-7-5-4-6-8-13/h4-8,19H,9H2,1-3H3,(H,20,21,24). The van der Waals surface area contributed by atoms with Gasteiger partial charge in [-0.1, -0.05) is 53.4 Å². The molecule has 2 heterocycles. The third kappa shape index (κ3) is 4.03. The third-order valence-corrected chi connectivity index (χ3v) is 5.89. The number of aromatic nitrogens is 3. The highest BCUT2D eigenvalue weighted by Crippen LogP contribution is 2.29. The van der Waals surface area contributed by atoms with Gasteiger partial charge in [0.2, 0.25) is 5.13 Å². The van der Waals surface area contributed by atoms with Crippen LogP contribution in [0.2, 0.25) is 0 Å². The molecule has 0 radical (unpaired) electrons. The van der Waals surface area contributed by atoms with Gasteiger partial charge >= 0.3 is 0 Å². The first-order valence-electron chi connectivity index (χ1n) is 7.97. The van der Waals surface area contributed by atoms with Gasteiger partial charge < -0.3 is 4.98 Å². The number of rotatable bonds is 6. The van der Waals surface area contributed by atoms with E-state index in [1.165, 1.54) is 23.8 Å². The first-order chi connectivity index (χ1) is 12.5. The van der Waals surface area contributed by atoms with Crippen LogP contribution in [0, 0.1) is 13.8 Å². The van der Waals surface area contributed by atoms with Gasteiger partial charge in [-0.2, -0.15) is 0 Å². The molecule has 0 saturated carbocycles. The zero-order chi connectivity index (χ0) is 18.7. The Morgan fingerprint density at radius 3 is 2.58 bits per heavy atom. The van der Waals surface area contributed by atoms with Crippen molar-refractivity contribution in [1.82, 2.24) is 15.2 Å². The largest absolute Gasteiger partial charge is 0.354 e. The molecule has 3 rings (SSSR count). The van der Waals surface area contributed by atoms with Gasteiger partial charge in [0.15, 0.2) is 10.1 Å². The number of amides is 1. The first-order valence-corrected chi connectivity index (χ1v) is 9.77. The molecule has 0 spiro atoms. The number of nitrogens with zero attached hydrogens (tertiary/aromatic N) is 2. The van der Waals surface area contributed by atoms with E-state index in [4.69, 9.17) is 0 Å². The van der Waals surface area contributed by atoms with E-state index in [9.17, 15) is 9.59 Å². The third-order valence-electron chi connectivity index (χ3n) is 3.85. The number of carbonyl (C=O) groups is 2. The Bertz CT molecular complexity index is 948. The van der Waals surface area contributed by atoms with Crippen molar-refractivity contribution in [3.63, 3.8) is 0 Å². The predicted molar refractivity (Wildman–Crippen MR) is 104 cm³/mol. The number of aryl methyl sites for hydroxylation is 1. The highest BCUT2D eigenvalue weighted by atomic mass is 32.2. The van der Waals surface area contributed by atoms with Crippen LogP contribution in [-0.2, 0) is 5.75 Å². The lowest BCUT2D eigenvalue weighted by Gasteiger charge is -2.00. The lowest BCUT2D eigenvalue weighted by molar-refractivity contribution is 0.101. The number of hydrogen-bond acceptors (Lipinski definition) is 6. The van der Waals surface area contributed by atoms with Crippen LogP contribution in [-0.4, -0.2) is 26.9 Å². The highest BCUT2D eigenvalue weighted by Gasteiger charge is 2.20. The summed E-state index contributed by atoms with van der Waals surface area (Å²) >= 11 is 2.90. The zero-order valence-electron chi connectivity index (χ0n) is 14.6. The van der Waals surface area contributed by atoms with Crippen molar-refractivity contribution < 1.29 is 9.59 Å².